The molecule has 0 fully saturated rings. The summed E-state index contributed by atoms with van der Waals surface area (Å²) in [6.07, 6.45) is 2.62. The maximum Gasteiger partial charge on any atom is 0.320 e. The Labute approximate surface area is 76.1 Å². The standard InChI is InChI=1S/C9H12FNO2/c1-3-4-7(6(2)10)5-8(11)9(12)13/h3-4,8H,1-2,5,11H2,(H,12,13)/b7-4-. The van der Waals surface area contributed by atoms with E-state index in [0.29, 0.717) is 0 Å². The summed E-state index contributed by atoms with van der Waals surface area (Å²) in [6.45, 7) is 6.42. The fraction of sp³-hybridized carbons (Fsp3) is 0.222. The molecule has 0 spiro atoms. The van der Waals surface area contributed by atoms with E-state index in [1.165, 1.54) is 12.2 Å². The highest BCUT2D eigenvalue weighted by Crippen LogP contribution is 2.15. The van der Waals surface area contributed by atoms with E-state index in [1.807, 2.05) is 0 Å². The van der Waals surface area contributed by atoms with Crippen LogP contribution in [0.15, 0.2) is 36.7 Å². The van der Waals surface area contributed by atoms with E-state index < -0.39 is 17.8 Å². The Balaban J connectivity index is 4.44. The Kier molecular flexibility index (Phi) is 4.69. The zero-order chi connectivity index (χ0) is 10.4. The largest absolute Gasteiger partial charge is 0.480 e. The topological polar surface area (TPSA) is 63.3 Å². The molecule has 0 aliphatic rings. The number of carbonyl (C=O) groups is 1. The van der Waals surface area contributed by atoms with Crippen LogP contribution in [0.4, 0.5) is 4.39 Å². The number of aliphatic carboxylic acids is 1. The van der Waals surface area contributed by atoms with E-state index in [9.17, 15) is 9.18 Å². The molecular weight excluding hydrogens is 173 g/mol. The Morgan fingerprint density at radius 1 is 1.69 bits per heavy atom. The van der Waals surface area contributed by atoms with Crippen molar-refractivity contribution in [2.24, 2.45) is 5.73 Å². The van der Waals surface area contributed by atoms with Gasteiger partial charge in [-0.05, 0) is 5.57 Å². The van der Waals surface area contributed by atoms with Gasteiger partial charge in [-0.25, -0.2) is 4.39 Å². The predicted molar refractivity (Wildman–Crippen MR) is 48.8 cm³/mol. The zero-order valence-corrected chi connectivity index (χ0v) is 7.16. The molecule has 0 amide bonds. The molecule has 0 radical (unpaired) electrons. The Hall–Kier alpha value is -1.42. The van der Waals surface area contributed by atoms with E-state index >= 15 is 0 Å². The van der Waals surface area contributed by atoms with Gasteiger partial charge in [0.2, 0.25) is 0 Å². The van der Waals surface area contributed by atoms with Gasteiger partial charge in [0.25, 0.3) is 0 Å². The molecule has 0 bridgehead atoms. The molecule has 3 nitrogen and oxygen atoms in total. The quantitative estimate of drug-likeness (QED) is 0.636. The Morgan fingerprint density at radius 3 is 2.54 bits per heavy atom. The van der Waals surface area contributed by atoms with Crippen molar-refractivity contribution in [3.05, 3.63) is 36.7 Å². The van der Waals surface area contributed by atoms with Gasteiger partial charge in [-0.15, -0.1) is 0 Å². The first-order chi connectivity index (χ1) is 5.99. The third kappa shape index (κ3) is 4.22. The molecule has 1 unspecified atom stereocenters. The van der Waals surface area contributed by atoms with E-state index in [2.05, 4.69) is 13.2 Å². The number of carboxylic acids is 1. The zero-order valence-electron chi connectivity index (χ0n) is 7.16. The lowest BCUT2D eigenvalue weighted by Crippen LogP contribution is -2.30. The summed E-state index contributed by atoms with van der Waals surface area (Å²) in [5, 5.41) is 8.45. The maximum absolute atomic E-state index is 12.6. The van der Waals surface area contributed by atoms with Crippen LogP contribution in [0.2, 0.25) is 0 Å². The molecule has 0 aromatic heterocycles. The van der Waals surface area contributed by atoms with Gasteiger partial charge in [0.15, 0.2) is 0 Å². The number of hydrogen-bond donors (Lipinski definition) is 2. The molecule has 0 heterocycles. The molecule has 72 valence electrons. The van der Waals surface area contributed by atoms with Crippen molar-refractivity contribution in [2.75, 3.05) is 0 Å². The van der Waals surface area contributed by atoms with Gasteiger partial charge in [0.1, 0.15) is 11.9 Å². The second-order valence-corrected chi connectivity index (χ2v) is 2.48. The van der Waals surface area contributed by atoms with Crippen molar-refractivity contribution in [1.82, 2.24) is 0 Å². The molecule has 0 aromatic carbocycles. The van der Waals surface area contributed by atoms with Crippen molar-refractivity contribution in [3.63, 3.8) is 0 Å². The summed E-state index contributed by atoms with van der Waals surface area (Å²) < 4.78 is 12.6. The van der Waals surface area contributed by atoms with Crippen molar-refractivity contribution >= 4 is 5.97 Å². The van der Waals surface area contributed by atoms with Crippen LogP contribution in [0, 0.1) is 0 Å². The van der Waals surface area contributed by atoms with E-state index in [1.54, 1.807) is 0 Å². The van der Waals surface area contributed by atoms with Crippen LogP contribution in [-0.2, 0) is 4.79 Å². The number of halogens is 1. The molecule has 0 aliphatic carbocycles. The highest BCUT2D eigenvalue weighted by molar-refractivity contribution is 5.73. The monoisotopic (exact) mass is 185 g/mol. The fourth-order valence-corrected chi connectivity index (χ4v) is 0.736. The van der Waals surface area contributed by atoms with Gasteiger partial charge in [0.05, 0.1) is 0 Å². The number of nitrogens with two attached hydrogens (primary N) is 1. The smallest absolute Gasteiger partial charge is 0.320 e. The van der Waals surface area contributed by atoms with Crippen LogP contribution < -0.4 is 5.73 Å². The average Bonchev–Trinajstić information content (AvgIpc) is 2.03. The van der Waals surface area contributed by atoms with E-state index in [0.717, 1.165) is 0 Å². The molecular formula is C9H12FNO2. The Morgan fingerprint density at radius 2 is 2.23 bits per heavy atom. The third-order valence-electron chi connectivity index (χ3n) is 1.42. The highest BCUT2D eigenvalue weighted by Gasteiger charge is 2.14. The molecule has 13 heavy (non-hydrogen) atoms. The lowest BCUT2D eigenvalue weighted by atomic mass is 10.1. The third-order valence-corrected chi connectivity index (χ3v) is 1.42. The molecule has 0 aliphatic heterocycles. The number of rotatable bonds is 5. The predicted octanol–water partition coefficient (Wildman–Crippen LogP) is 1.38. The van der Waals surface area contributed by atoms with E-state index in [4.69, 9.17) is 10.8 Å². The number of carboxylic acid groups (broad SMARTS) is 1. The van der Waals surface area contributed by atoms with Crippen molar-refractivity contribution < 1.29 is 14.3 Å². The van der Waals surface area contributed by atoms with Crippen LogP contribution >= 0.6 is 0 Å². The summed E-state index contributed by atoms with van der Waals surface area (Å²) in [6, 6.07) is -1.11. The van der Waals surface area contributed by atoms with Crippen molar-refractivity contribution in [3.8, 4) is 0 Å². The molecule has 0 saturated carbocycles. The first kappa shape index (κ1) is 11.6. The number of hydrogen-bond acceptors (Lipinski definition) is 2. The van der Waals surface area contributed by atoms with Gasteiger partial charge in [0, 0.05) is 6.42 Å². The minimum absolute atomic E-state index is 0.0866. The van der Waals surface area contributed by atoms with Crippen molar-refractivity contribution in [1.29, 1.82) is 0 Å². The van der Waals surface area contributed by atoms with Crippen LogP contribution in [0.25, 0.3) is 0 Å². The van der Waals surface area contributed by atoms with Crippen LogP contribution in [0.3, 0.4) is 0 Å². The molecule has 4 heteroatoms. The van der Waals surface area contributed by atoms with Crippen molar-refractivity contribution in [2.45, 2.75) is 12.5 Å². The van der Waals surface area contributed by atoms with Crippen LogP contribution in [0.1, 0.15) is 6.42 Å². The summed E-state index contributed by atoms with van der Waals surface area (Å²) in [5.74, 6) is -1.85. The molecule has 0 saturated heterocycles. The molecule has 0 rings (SSSR count). The van der Waals surface area contributed by atoms with Crippen LogP contribution in [0.5, 0.6) is 0 Å². The summed E-state index contributed by atoms with van der Waals surface area (Å²) in [4.78, 5) is 10.3. The minimum atomic E-state index is -1.17. The number of allylic oxidation sites excluding steroid dienone is 3. The van der Waals surface area contributed by atoms with Gasteiger partial charge < -0.3 is 10.8 Å². The van der Waals surface area contributed by atoms with Gasteiger partial charge in [-0.1, -0.05) is 25.3 Å². The van der Waals surface area contributed by atoms with E-state index in [-0.39, 0.29) is 12.0 Å². The summed E-state index contributed by atoms with van der Waals surface area (Å²) in [7, 11) is 0. The normalized spacial score (nSPS) is 13.5. The second kappa shape index (κ2) is 5.27. The molecule has 3 N–H and O–H groups in total. The van der Waals surface area contributed by atoms with Gasteiger partial charge in [-0.2, -0.15) is 0 Å². The molecule has 0 aromatic rings. The van der Waals surface area contributed by atoms with Gasteiger partial charge >= 0.3 is 5.97 Å². The summed E-state index contributed by atoms with van der Waals surface area (Å²) in [5.41, 5.74) is 5.36. The Bertz CT molecular complexity index is 258. The first-order valence-electron chi connectivity index (χ1n) is 3.63. The van der Waals surface area contributed by atoms with Gasteiger partial charge in [-0.3, -0.25) is 4.79 Å². The fourth-order valence-electron chi connectivity index (χ4n) is 0.736. The minimum Gasteiger partial charge on any atom is -0.480 e. The second-order valence-electron chi connectivity index (χ2n) is 2.48. The average molecular weight is 185 g/mol. The summed E-state index contributed by atoms with van der Waals surface area (Å²) >= 11 is 0. The first-order valence-corrected chi connectivity index (χ1v) is 3.63. The lowest BCUT2D eigenvalue weighted by molar-refractivity contribution is -0.138. The maximum atomic E-state index is 12.6. The molecule has 1 atom stereocenters. The SMILES string of the molecule is C=C/C=C(/CC(N)C(=O)O)C(=C)F. The lowest BCUT2D eigenvalue weighted by Gasteiger charge is -2.07. The highest BCUT2D eigenvalue weighted by atomic mass is 19.1. The van der Waals surface area contributed by atoms with Crippen LogP contribution in [-0.4, -0.2) is 17.1 Å².